The second-order valence-corrected chi connectivity index (χ2v) is 5.11. The molecule has 4 nitrogen and oxygen atoms in total. The Morgan fingerprint density at radius 3 is 2.84 bits per heavy atom. The van der Waals surface area contributed by atoms with Gasteiger partial charge in [-0.15, -0.1) is 0 Å². The van der Waals surface area contributed by atoms with E-state index >= 15 is 0 Å². The molecule has 2 aromatic rings. The molecule has 1 fully saturated rings. The summed E-state index contributed by atoms with van der Waals surface area (Å²) in [5, 5.41) is 3.90. The van der Waals surface area contributed by atoms with Gasteiger partial charge >= 0.3 is 0 Å². The van der Waals surface area contributed by atoms with Gasteiger partial charge in [-0.25, -0.2) is 0 Å². The highest BCUT2D eigenvalue weighted by Crippen LogP contribution is 2.18. The number of furan rings is 1. The summed E-state index contributed by atoms with van der Waals surface area (Å²) in [6.45, 7) is 4.19. The van der Waals surface area contributed by atoms with Gasteiger partial charge in [-0.05, 0) is 12.1 Å². The molecule has 4 heteroatoms. The quantitative estimate of drug-likeness (QED) is 0.855. The van der Waals surface area contributed by atoms with Crippen LogP contribution in [-0.2, 0) is 0 Å². The molecule has 19 heavy (non-hydrogen) atoms. The predicted octanol–water partition coefficient (Wildman–Crippen LogP) is 0.841. The fourth-order valence-corrected chi connectivity index (χ4v) is 2.66. The third-order valence-electron chi connectivity index (χ3n) is 3.72. The van der Waals surface area contributed by atoms with Crippen LogP contribution in [0.4, 0.5) is 0 Å². The Labute approximate surface area is 112 Å². The molecular weight excluding hydrogens is 240 g/mol. The number of amides is 1. The molecule has 0 atom stereocenters. The number of likely N-dealkylation sites (tertiary alicyclic amines) is 1. The molecule has 2 heterocycles. The third kappa shape index (κ3) is 2.79. The maximum absolute atomic E-state index is 12.0. The van der Waals surface area contributed by atoms with E-state index in [1.807, 2.05) is 24.3 Å². The lowest BCUT2D eigenvalue weighted by Gasteiger charge is -2.11. The van der Waals surface area contributed by atoms with Crippen LogP contribution >= 0.6 is 0 Å². The topological polar surface area (TPSA) is 46.7 Å². The Morgan fingerprint density at radius 1 is 1.26 bits per heavy atom. The summed E-state index contributed by atoms with van der Waals surface area (Å²) in [5.41, 5.74) is 0.762. The van der Waals surface area contributed by atoms with E-state index in [0.717, 1.165) is 17.5 Å². The van der Waals surface area contributed by atoms with Gasteiger partial charge in [-0.1, -0.05) is 18.2 Å². The molecule has 1 aromatic heterocycles. The van der Waals surface area contributed by atoms with Crippen LogP contribution in [0.25, 0.3) is 11.0 Å². The molecule has 1 amide bonds. The van der Waals surface area contributed by atoms with Crippen molar-refractivity contribution in [2.45, 2.75) is 12.8 Å². The van der Waals surface area contributed by atoms with Gasteiger partial charge in [-0.3, -0.25) is 4.79 Å². The van der Waals surface area contributed by atoms with Crippen LogP contribution in [0.3, 0.4) is 0 Å². The number of carbonyl (C=O) groups is 1. The third-order valence-corrected chi connectivity index (χ3v) is 3.72. The van der Waals surface area contributed by atoms with E-state index in [1.54, 1.807) is 11.0 Å². The van der Waals surface area contributed by atoms with Crippen molar-refractivity contribution in [3.63, 3.8) is 0 Å². The van der Waals surface area contributed by atoms with E-state index in [4.69, 9.17) is 4.42 Å². The minimum absolute atomic E-state index is 0.116. The normalized spacial score (nSPS) is 16.0. The van der Waals surface area contributed by atoms with Crippen LogP contribution in [0.5, 0.6) is 0 Å². The van der Waals surface area contributed by atoms with Crippen molar-refractivity contribution in [3.05, 3.63) is 36.1 Å². The number of benzene rings is 1. The SMILES string of the molecule is O=C(NCC[NH+]1CCCC1)c1cc2ccccc2o1. The summed E-state index contributed by atoms with van der Waals surface area (Å²) in [4.78, 5) is 13.6. The Bertz CT molecular complexity index is 537. The minimum Gasteiger partial charge on any atom is -0.451 e. The number of hydrogen-bond donors (Lipinski definition) is 2. The minimum atomic E-state index is -0.116. The van der Waals surface area contributed by atoms with Crippen LogP contribution in [-0.4, -0.2) is 32.1 Å². The molecule has 0 aliphatic carbocycles. The standard InChI is InChI=1S/C15H18N2O2/c18-15(16-7-10-17-8-3-4-9-17)14-11-12-5-1-2-6-13(12)19-14/h1-2,5-6,11H,3-4,7-10H2,(H,16,18)/p+1. The highest BCUT2D eigenvalue weighted by Gasteiger charge is 2.16. The number of carbonyl (C=O) groups excluding carboxylic acids is 1. The molecule has 0 unspecified atom stereocenters. The highest BCUT2D eigenvalue weighted by atomic mass is 16.3. The number of quaternary nitrogens is 1. The average molecular weight is 259 g/mol. The first-order chi connectivity index (χ1) is 9.33. The van der Waals surface area contributed by atoms with Crippen molar-refractivity contribution in [1.82, 2.24) is 5.32 Å². The molecule has 1 saturated heterocycles. The summed E-state index contributed by atoms with van der Waals surface area (Å²) in [7, 11) is 0. The van der Waals surface area contributed by atoms with Gasteiger partial charge in [0.05, 0.1) is 26.2 Å². The van der Waals surface area contributed by atoms with E-state index < -0.39 is 0 Å². The van der Waals surface area contributed by atoms with Crippen molar-refractivity contribution in [2.75, 3.05) is 26.2 Å². The Hall–Kier alpha value is -1.81. The average Bonchev–Trinajstić information content (AvgIpc) is 3.07. The summed E-state index contributed by atoms with van der Waals surface area (Å²) < 4.78 is 5.53. The van der Waals surface area contributed by atoms with Gasteiger partial charge in [0.1, 0.15) is 5.58 Å². The number of rotatable bonds is 4. The lowest BCUT2D eigenvalue weighted by Crippen LogP contribution is -3.10. The summed E-state index contributed by atoms with van der Waals surface area (Å²) in [5.74, 6) is 0.285. The van der Waals surface area contributed by atoms with Gasteiger partial charge in [0.15, 0.2) is 5.76 Å². The van der Waals surface area contributed by atoms with E-state index in [2.05, 4.69) is 5.32 Å². The predicted molar refractivity (Wildman–Crippen MR) is 73.3 cm³/mol. The Kier molecular flexibility index (Phi) is 3.51. The molecule has 100 valence electrons. The Balaban J connectivity index is 1.57. The zero-order chi connectivity index (χ0) is 13.1. The molecule has 0 radical (unpaired) electrons. The van der Waals surface area contributed by atoms with Crippen molar-refractivity contribution in [1.29, 1.82) is 0 Å². The monoisotopic (exact) mass is 259 g/mol. The fourth-order valence-electron chi connectivity index (χ4n) is 2.66. The molecule has 1 aromatic carbocycles. The molecule has 0 bridgehead atoms. The number of fused-ring (bicyclic) bond motifs is 1. The molecular formula is C15H19N2O2+. The van der Waals surface area contributed by atoms with Crippen LogP contribution < -0.4 is 10.2 Å². The smallest absolute Gasteiger partial charge is 0.287 e. The Morgan fingerprint density at radius 2 is 2.05 bits per heavy atom. The highest BCUT2D eigenvalue weighted by molar-refractivity contribution is 5.95. The first-order valence-electron chi connectivity index (χ1n) is 6.93. The van der Waals surface area contributed by atoms with Gasteiger partial charge in [0.2, 0.25) is 0 Å². The lowest BCUT2D eigenvalue weighted by molar-refractivity contribution is -0.886. The molecule has 1 aliphatic rings. The van der Waals surface area contributed by atoms with E-state index in [9.17, 15) is 4.79 Å². The number of hydrogen-bond acceptors (Lipinski definition) is 2. The van der Waals surface area contributed by atoms with E-state index in [1.165, 1.54) is 25.9 Å². The molecule has 2 N–H and O–H groups in total. The fraction of sp³-hybridized carbons (Fsp3) is 0.400. The first-order valence-corrected chi connectivity index (χ1v) is 6.93. The second kappa shape index (κ2) is 5.45. The summed E-state index contributed by atoms with van der Waals surface area (Å²) >= 11 is 0. The van der Waals surface area contributed by atoms with E-state index in [0.29, 0.717) is 12.3 Å². The maximum Gasteiger partial charge on any atom is 0.287 e. The largest absolute Gasteiger partial charge is 0.451 e. The van der Waals surface area contributed by atoms with Crippen LogP contribution in [0.2, 0.25) is 0 Å². The van der Waals surface area contributed by atoms with Crippen molar-refractivity contribution >= 4 is 16.9 Å². The van der Waals surface area contributed by atoms with Gasteiger partial charge in [-0.2, -0.15) is 0 Å². The summed E-state index contributed by atoms with van der Waals surface area (Å²) in [6, 6.07) is 9.47. The molecule has 0 saturated carbocycles. The number of para-hydroxylation sites is 1. The van der Waals surface area contributed by atoms with Gasteiger partial charge in [0, 0.05) is 18.2 Å². The zero-order valence-corrected chi connectivity index (χ0v) is 10.9. The maximum atomic E-state index is 12.0. The van der Waals surface area contributed by atoms with Crippen LogP contribution in [0.1, 0.15) is 23.4 Å². The van der Waals surface area contributed by atoms with Gasteiger partial charge < -0.3 is 14.6 Å². The van der Waals surface area contributed by atoms with Crippen molar-refractivity contribution in [3.8, 4) is 0 Å². The van der Waals surface area contributed by atoms with E-state index in [-0.39, 0.29) is 5.91 Å². The first kappa shape index (κ1) is 12.2. The molecule has 3 rings (SSSR count). The zero-order valence-electron chi connectivity index (χ0n) is 10.9. The summed E-state index contributed by atoms with van der Waals surface area (Å²) in [6.07, 6.45) is 2.62. The van der Waals surface area contributed by atoms with Gasteiger partial charge in [0.25, 0.3) is 5.91 Å². The van der Waals surface area contributed by atoms with Crippen LogP contribution in [0, 0.1) is 0 Å². The number of nitrogens with one attached hydrogen (secondary N) is 2. The van der Waals surface area contributed by atoms with Crippen molar-refractivity contribution < 1.29 is 14.1 Å². The van der Waals surface area contributed by atoms with Crippen LogP contribution in [0.15, 0.2) is 34.7 Å². The molecule has 0 spiro atoms. The molecule has 1 aliphatic heterocycles. The second-order valence-electron chi connectivity index (χ2n) is 5.11. The lowest BCUT2D eigenvalue weighted by atomic mass is 10.2. The van der Waals surface area contributed by atoms with Crippen molar-refractivity contribution in [2.24, 2.45) is 0 Å².